The van der Waals surface area contributed by atoms with Crippen LogP contribution in [0.3, 0.4) is 0 Å². The first-order valence-corrected chi connectivity index (χ1v) is 9.98. The summed E-state index contributed by atoms with van der Waals surface area (Å²) in [6.07, 6.45) is 0.794. The van der Waals surface area contributed by atoms with Crippen LogP contribution in [0.1, 0.15) is 42.7 Å². The van der Waals surface area contributed by atoms with Crippen molar-refractivity contribution in [3.8, 4) is 11.1 Å². The van der Waals surface area contributed by atoms with Crippen LogP contribution >= 0.6 is 0 Å². The first-order valence-electron chi connectivity index (χ1n) is 9.98. The van der Waals surface area contributed by atoms with Gasteiger partial charge in [-0.3, -0.25) is 9.59 Å². The number of rotatable bonds is 9. The maximum atomic E-state index is 12.1. The Balaban J connectivity index is 1.23. The molecule has 0 unspecified atom stereocenters. The van der Waals surface area contributed by atoms with Gasteiger partial charge < -0.3 is 19.9 Å². The van der Waals surface area contributed by atoms with Gasteiger partial charge in [0.2, 0.25) is 5.91 Å². The molecule has 0 radical (unpaired) electrons. The molecule has 1 amide bonds. The van der Waals surface area contributed by atoms with Crippen LogP contribution in [0.2, 0.25) is 0 Å². The van der Waals surface area contributed by atoms with Gasteiger partial charge in [0.1, 0.15) is 13.3 Å². The average Bonchev–Trinajstić information content (AvgIpc) is 3.48. The summed E-state index contributed by atoms with van der Waals surface area (Å²) < 4.78 is 10.7. The molecule has 30 heavy (non-hydrogen) atoms. The lowest BCUT2D eigenvalue weighted by atomic mass is 9.98. The van der Waals surface area contributed by atoms with Gasteiger partial charge in [0, 0.05) is 12.3 Å². The summed E-state index contributed by atoms with van der Waals surface area (Å²) >= 11 is 0. The lowest BCUT2D eigenvalue weighted by Gasteiger charge is -2.14. The van der Waals surface area contributed by atoms with Crippen LogP contribution in [-0.4, -0.2) is 41.9 Å². The van der Waals surface area contributed by atoms with E-state index in [0.29, 0.717) is 12.8 Å². The van der Waals surface area contributed by atoms with Gasteiger partial charge >= 0.3 is 11.9 Å². The van der Waals surface area contributed by atoms with Crippen LogP contribution in [0.25, 0.3) is 11.1 Å². The van der Waals surface area contributed by atoms with Crippen molar-refractivity contribution in [2.75, 3.05) is 13.3 Å². The lowest BCUT2D eigenvalue weighted by Crippen LogP contribution is -2.34. The van der Waals surface area contributed by atoms with Crippen molar-refractivity contribution in [3.63, 3.8) is 0 Å². The van der Waals surface area contributed by atoms with Gasteiger partial charge in [0.15, 0.2) is 5.60 Å². The fourth-order valence-electron chi connectivity index (χ4n) is 3.78. The van der Waals surface area contributed by atoms with Crippen molar-refractivity contribution in [2.24, 2.45) is 0 Å². The normalized spacial score (nSPS) is 15.7. The van der Waals surface area contributed by atoms with Crippen LogP contribution in [0.15, 0.2) is 48.5 Å². The number of nitrogens with one attached hydrogen (secondary N) is 1. The predicted molar refractivity (Wildman–Crippen MR) is 108 cm³/mol. The van der Waals surface area contributed by atoms with Crippen molar-refractivity contribution in [1.82, 2.24) is 5.32 Å². The van der Waals surface area contributed by atoms with Gasteiger partial charge in [-0.15, -0.1) is 0 Å². The van der Waals surface area contributed by atoms with Gasteiger partial charge in [0.25, 0.3) is 0 Å². The van der Waals surface area contributed by atoms with E-state index in [4.69, 9.17) is 14.6 Å². The molecule has 1 fully saturated rings. The molecule has 0 saturated heterocycles. The number of carboxylic acids is 1. The number of fused-ring (bicyclic) bond motifs is 3. The van der Waals surface area contributed by atoms with Gasteiger partial charge in [-0.05, 0) is 35.1 Å². The molecule has 2 N–H and O–H groups in total. The van der Waals surface area contributed by atoms with E-state index in [-0.39, 0.29) is 38.0 Å². The number of esters is 1. The molecule has 0 bridgehead atoms. The van der Waals surface area contributed by atoms with E-state index in [1.54, 1.807) is 0 Å². The monoisotopic (exact) mass is 409 g/mol. The zero-order valence-electron chi connectivity index (χ0n) is 16.4. The fraction of sp³-hybridized carbons (Fsp3) is 0.348. The van der Waals surface area contributed by atoms with Crippen LogP contribution in [0.5, 0.6) is 0 Å². The van der Waals surface area contributed by atoms with Crippen LogP contribution in [-0.2, 0) is 23.9 Å². The third-order valence-corrected chi connectivity index (χ3v) is 5.64. The Hall–Kier alpha value is -3.19. The maximum absolute atomic E-state index is 12.1. The molecule has 1 saturated carbocycles. The Morgan fingerprint density at radius 3 is 2.13 bits per heavy atom. The van der Waals surface area contributed by atoms with E-state index in [9.17, 15) is 14.4 Å². The molecule has 0 spiro atoms. The number of hydrogen-bond donors (Lipinski definition) is 2. The fourth-order valence-corrected chi connectivity index (χ4v) is 3.78. The van der Waals surface area contributed by atoms with E-state index in [0.717, 1.165) is 22.3 Å². The number of ether oxygens (including phenoxy) is 2. The molecule has 156 valence electrons. The Bertz CT molecular complexity index is 936. The summed E-state index contributed by atoms with van der Waals surface area (Å²) in [5, 5.41) is 11.5. The van der Waals surface area contributed by atoms with Gasteiger partial charge in [-0.25, -0.2) is 4.79 Å². The highest BCUT2D eigenvalue weighted by molar-refractivity contribution is 5.82. The van der Waals surface area contributed by atoms with Gasteiger partial charge in [-0.2, -0.15) is 0 Å². The molecular weight excluding hydrogens is 386 g/mol. The molecule has 7 heteroatoms. The van der Waals surface area contributed by atoms with Crippen molar-refractivity contribution in [2.45, 2.75) is 37.2 Å². The van der Waals surface area contributed by atoms with E-state index in [2.05, 4.69) is 17.4 Å². The molecule has 2 aliphatic carbocycles. The van der Waals surface area contributed by atoms with Crippen molar-refractivity contribution in [3.05, 3.63) is 59.7 Å². The molecule has 2 aromatic rings. The molecule has 0 aromatic heterocycles. The van der Waals surface area contributed by atoms with Crippen molar-refractivity contribution >= 4 is 17.8 Å². The number of hydrogen-bond acceptors (Lipinski definition) is 5. The summed E-state index contributed by atoms with van der Waals surface area (Å²) in [6.45, 7) is 0.0363. The smallest absolute Gasteiger partial charge is 0.336 e. The number of benzene rings is 2. The minimum Gasteiger partial charge on any atom is -0.479 e. The average molecular weight is 409 g/mol. The second-order valence-corrected chi connectivity index (χ2v) is 7.60. The standard InChI is InChI=1S/C23H23NO6/c25-20(24-14-30-23(11-12-23)22(27)28)9-10-21(26)29-13-19-17-7-3-1-5-15(17)16-6-2-4-8-18(16)19/h1-8,19H,9-14H2,(H,24,25)(H,27,28). The summed E-state index contributed by atoms with van der Waals surface area (Å²) in [5.41, 5.74) is 3.43. The summed E-state index contributed by atoms with van der Waals surface area (Å²) in [7, 11) is 0. The number of aliphatic carboxylic acids is 1. The highest BCUT2D eigenvalue weighted by atomic mass is 16.5. The Morgan fingerprint density at radius 1 is 0.967 bits per heavy atom. The molecule has 4 rings (SSSR count). The zero-order chi connectivity index (χ0) is 21.1. The first kappa shape index (κ1) is 20.1. The SMILES string of the molecule is O=C(CCC(=O)OCC1c2ccccc2-c2ccccc21)NCOC1(C(=O)O)CC1. The number of carbonyl (C=O) groups excluding carboxylic acids is 2. The topological polar surface area (TPSA) is 102 Å². The van der Waals surface area contributed by atoms with E-state index >= 15 is 0 Å². The largest absolute Gasteiger partial charge is 0.479 e. The highest BCUT2D eigenvalue weighted by Gasteiger charge is 2.52. The molecular formula is C23H23NO6. The van der Waals surface area contributed by atoms with Crippen LogP contribution in [0.4, 0.5) is 0 Å². The third-order valence-electron chi connectivity index (χ3n) is 5.64. The third kappa shape index (κ3) is 4.07. The minimum absolute atomic E-state index is 0.0191. The summed E-state index contributed by atoms with van der Waals surface area (Å²) in [4.78, 5) is 35.0. The molecule has 7 nitrogen and oxygen atoms in total. The highest BCUT2D eigenvalue weighted by Crippen LogP contribution is 2.44. The summed E-state index contributed by atoms with van der Waals surface area (Å²) in [5.74, 6) is -1.87. The van der Waals surface area contributed by atoms with E-state index in [1.165, 1.54) is 0 Å². The lowest BCUT2D eigenvalue weighted by molar-refractivity contribution is -0.155. The maximum Gasteiger partial charge on any atom is 0.336 e. The quantitative estimate of drug-likeness (QED) is 0.488. The molecule has 0 atom stereocenters. The Morgan fingerprint density at radius 2 is 1.57 bits per heavy atom. The Kier molecular flexibility index (Phi) is 5.55. The van der Waals surface area contributed by atoms with Crippen LogP contribution in [0, 0.1) is 0 Å². The Labute approximate surface area is 174 Å². The number of carboxylic acid groups (broad SMARTS) is 1. The van der Waals surface area contributed by atoms with Crippen LogP contribution < -0.4 is 5.32 Å². The second kappa shape index (κ2) is 8.28. The van der Waals surface area contributed by atoms with Gasteiger partial charge in [0.05, 0.1) is 6.42 Å². The molecule has 0 heterocycles. The molecule has 2 aliphatic rings. The molecule has 2 aromatic carbocycles. The summed E-state index contributed by atoms with van der Waals surface area (Å²) in [6, 6.07) is 16.2. The number of carbonyl (C=O) groups is 3. The van der Waals surface area contributed by atoms with Gasteiger partial charge in [-0.1, -0.05) is 48.5 Å². The van der Waals surface area contributed by atoms with E-state index in [1.807, 2.05) is 36.4 Å². The minimum atomic E-state index is -1.15. The first-order chi connectivity index (χ1) is 14.5. The second-order valence-electron chi connectivity index (χ2n) is 7.60. The van der Waals surface area contributed by atoms with Crippen molar-refractivity contribution in [1.29, 1.82) is 0 Å². The zero-order valence-corrected chi connectivity index (χ0v) is 16.4. The number of amides is 1. The predicted octanol–water partition coefficient (Wildman–Crippen LogP) is 2.83. The molecule has 0 aliphatic heterocycles. The van der Waals surface area contributed by atoms with Crippen molar-refractivity contribution < 1.29 is 29.0 Å². The van der Waals surface area contributed by atoms with E-state index < -0.39 is 17.5 Å².